The monoisotopic (exact) mass is 330 g/mol. The molecule has 0 fully saturated rings. The molecule has 22 heavy (non-hydrogen) atoms. The minimum Gasteiger partial charge on any atom is -0.480 e. The van der Waals surface area contributed by atoms with Crippen LogP contribution in [-0.2, 0) is 19.6 Å². The maximum atomic E-state index is 12.1. The van der Waals surface area contributed by atoms with Gasteiger partial charge in [-0.2, -0.15) is 4.72 Å². The van der Waals surface area contributed by atoms with Crippen molar-refractivity contribution in [3.8, 4) is 0 Å². The fraction of sp³-hybridized carbons (Fsp3) is 0.385. The maximum Gasteiger partial charge on any atom is 0.321 e. The molecule has 1 aromatic rings. The molecule has 3 N–H and O–H groups in total. The largest absolute Gasteiger partial charge is 0.480 e. The summed E-state index contributed by atoms with van der Waals surface area (Å²) in [6, 6.07) is 4.05. The van der Waals surface area contributed by atoms with Gasteiger partial charge in [0.05, 0.1) is 11.5 Å². The number of nitrogens with one attached hydrogen (secondary N) is 2. The number of carbonyl (C=O) groups excluding carboxylic acids is 1. The number of rotatable bonds is 8. The topological polar surface area (TPSA) is 122 Å². The Morgan fingerprint density at radius 3 is 2.64 bits per heavy atom. The molecular weight excluding hydrogens is 312 g/mol. The van der Waals surface area contributed by atoms with Crippen LogP contribution in [0.25, 0.3) is 0 Å². The van der Waals surface area contributed by atoms with Crippen LogP contribution in [0, 0.1) is 0 Å². The van der Waals surface area contributed by atoms with Crippen molar-refractivity contribution in [2.45, 2.75) is 17.9 Å². The number of amides is 1. The summed E-state index contributed by atoms with van der Waals surface area (Å²) >= 11 is 0. The van der Waals surface area contributed by atoms with Crippen molar-refractivity contribution in [2.75, 3.05) is 20.3 Å². The van der Waals surface area contributed by atoms with Crippen LogP contribution in [0.1, 0.15) is 17.3 Å². The van der Waals surface area contributed by atoms with Gasteiger partial charge in [-0.15, -0.1) is 0 Å². The third-order valence-corrected chi connectivity index (χ3v) is 4.24. The quantitative estimate of drug-likeness (QED) is 0.568. The number of aliphatic carboxylic acids is 1. The van der Waals surface area contributed by atoms with E-state index in [-0.39, 0.29) is 10.5 Å². The number of hydrogen-bond acceptors (Lipinski definition) is 5. The van der Waals surface area contributed by atoms with Crippen molar-refractivity contribution in [1.82, 2.24) is 10.0 Å². The van der Waals surface area contributed by atoms with E-state index in [0.29, 0.717) is 13.2 Å². The highest BCUT2D eigenvalue weighted by molar-refractivity contribution is 7.89. The second-order valence-corrected chi connectivity index (χ2v) is 6.17. The van der Waals surface area contributed by atoms with Crippen molar-refractivity contribution in [3.05, 3.63) is 29.8 Å². The van der Waals surface area contributed by atoms with Crippen molar-refractivity contribution >= 4 is 21.9 Å². The summed E-state index contributed by atoms with van der Waals surface area (Å²) in [5.41, 5.74) is 0.155. The number of carbonyl (C=O) groups is 2. The van der Waals surface area contributed by atoms with E-state index in [2.05, 4.69) is 5.32 Å². The van der Waals surface area contributed by atoms with E-state index in [4.69, 9.17) is 9.84 Å². The highest BCUT2D eigenvalue weighted by Gasteiger charge is 2.22. The van der Waals surface area contributed by atoms with Crippen LogP contribution in [-0.4, -0.2) is 51.7 Å². The second-order valence-electron chi connectivity index (χ2n) is 4.46. The Kier molecular flexibility index (Phi) is 6.47. The maximum absolute atomic E-state index is 12.1. The van der Waals surface area contributed by atoms with Crippen LogP contribution in [0.15, 0.2) is 29.2 Å². The zero-order chi connectivity index (χ0) is 16.8. The summed E-state index contributed by atoms with van der Waals surface area (Å²) in [6.07, 6.45) is 0. The third kappa shape index (κ3) is 5.10. The summed E-state index contributed by atoms with van der Waals surface area (Å²) in [5.74, 6) is -1.74. The lowest BCUT2D eigenvalue weighted by Gasteiger charge is -2.11. The van der Waals surface area contributed by atoms with Gasteiger partial charge in [0, 0.05) is 19.2 Å². The molecule has 1 aromatic carbocycles. The first-order chi connectivity index (χ1) is 10.3. The third-order valence-electron chi connectivity index (χ3n) is 2.70. The van der Waals surface area contributed by atoms with E-state index in [1.54, 1.807) is 0 Å². The average Bonchev–Trinajstić information content (AvgIpc) is 2.47. The molecule has 0 aliphatic carbocycles. The molecule has 9 heteroatoms. The lowest BCUT2D eigenvalue weighted by molar-refractivity contribution is -0.138. The van der Waals surface area contributed by atoms with E-state index in [1.807, 2.05) is 4.72 Å². The molecule has 0 bridgehead atoms. The fourth-order valence-electron chi connectivity index (χ4n) is 1.52. The van der Waals surface area contributed by atoms with Gasteiger partial charge in [0.25, 0.3) is 5.91 Å². The molecule has 0 spiro atoms. The Hall–Kier alpha value is -1.97. The zero-order valence-electron chi connectivity index (χ0n) is 12.2. The predicted octanol–water partition coefficient (Wildman–Crippen LogP) is -0.186. The minimum absolute atomic E-state index is 0.155. The normalized spacial score (nSPS) is 12.6. The summed E-state index contributed by atoms with van der Waals surface area (Å²) < 4.78 is 30.9. The van der Waals surface area contributed by atoms with Gasteiger partial charge < -0.3 is 15.2 Å². The molecule has 0 aromatic heterocycles. The Morgan fingerprint density at radius 2 is 2.05 bits per heavy atom. The molecule has 0 unspecified atom stereocenters. The number of ether oxygens (including phenoxy) is 1. The standard InChI is InChI=1S/C13H18N2O6S/c1-9(13(17)18)15-22(19,20)11-5-3-4-10(8-11)12(16)14-6-7-21-2/h3-5,8-9,15H,6-7H2,1-2H3,(H,14,16)(H,17,18)/t9-/m1/s1. The molecule has 1 rings (SSSR count). The van der Waals surface area contributed by atoms with Gasteiger partial charge in [-0.05, 0) is 25.1 Å². The highest BCUT2D eigenvalue weighted by atomic mass is 32.2. The molecule has 0 saturated heterocycles. The molecule has 8 nitrogen and oxygen atoms in total. The van der Waals surface area contributed by atoms with E-state index in [1.165, 1.54) is 38.3 Å². The summed E-state index contributed by atoms with van der Waals surface area (Å²) in [4.78, 5) is 22.4. The van der Waals surface area contributed by atoms with Crippen molar-refractivity contribution in [2.24, 2.45) is 0 Å². The van der Waals surface area contributed by atoms with E-state index < -0.39 is 27.9 Å². The molecule has 122 valence electrons. The Bertz CT molecular complexity index is 644. The second kappa shape index (κ2) is 7.87. The van der Waals surface area contributed by atoms with Crippen molar-refractivity contribution in [3.63, 3.8) is 0 Å². The Balaban J connectivity index is 2.91. The van der Waals surface area contributed by atoms with E-state index >= 15 is 0 Å². The zero-order valence-corrected chi connectivity index (χ0v) is 13.0. The van der Waals surface area contributed by atoms with Crippen molar-refractivity contribution in [1.29, 1.82) is 0 Å². The number of benzene rings is 1. The molecular formula is C13H18N2O6S. The number of sulfonamides is 1. The molecule has 0 radical (unpaired) electrons. The highest BCUT2D eigenvalue weighted by Crippen LogP contribution is 2.12. The Labute approximate surface area is 128 Å². The summed E-state index contributed by atoms with van der Waals surface area (Å²) in [5, 5.41) is 11.3. The summed E-state index contributed by atoms with van der Waals surface area (Å²) in [6.45, 7) is 1.84. The van der Waals surface area contributed by atoms with Gasteiger partial charge in [0.15, 0.2) is 0 Å². The molecule has 0 aliphatic rings. The molecule has 0 aliphatic heterocycles. The molecule has 1 atom stereocenters. The lowest BCUT2D eigenvalue weighted by atomic mass is 10.2. The first-order valence-corrected chi connectivity index (χ1v) is 7.88. The molecule has 1 amide bonds. The number of carboxylic acids is 1. The van der Waals surface area contributed by atoms with Crippen LogP contribution in [0.4, 0.5) is 0 Å². The number of methoxy groups -OCH3 is 1. The minimum atomic E-state index is -4.02. The lowest BCUT2D eigenvalue weighted by Crippen LogP contribution is -2.38. The SMILES string of the molecule is COCCNC(=O)c1cccc(S(=O)(=O)N[C@H](C)C(=O)O)c1. The molecule has 0 heterocycles. The van der Waals surface area contributed by atoms with Gasteiger partial charge in [0.2, 0.25) is 10.0 Å². The Morgan fingerprint density at radius 1 is 1.36 bits per heavy atom. The van der Waals surface area contributed by atoms with Crippen LogP contribution in [0.2, 0.25) is 0 Å². The van der Waals surface area contributed by atoms with E-state index in [0.717, 1.165) is 0 Å². The van der Waals surface area contributed by atoms with Gasteiger partial charge in [-0.1, -0.05) is 6.07 Å². The molecule has 0 saturated carbocycles. The predicted molar refractivity (Wildman–Crippen MR) is 78.1 cm³/mol. The van der Waals surface area contributed by atoms with Crippen LogP contribution in [0.3, 0.4) is 0 Å². The summed E-state index contributed by atoms with van der Waals surface area (Å²) in [7, 11) is -2.53. The average molecular weight is 330 g/mol. The van der Waals surface area contributed by atoms with Crippen LogP contribution >= 0.6 is 0 Å². The van der Waals surface area contributed by atoms with Gasteiger partial charge in [-0.3, -0.25) is 9.59 Å². The first-order valence-electron chi connectivity index (χ1n) is 6.40. The van der Waals surface area contributed by atoms with Crippen LogP contribution < -0.4 is 10.0 Å². The van der Waals surface area contributed by atoms with Gasteiger partial charge >= 0.3 is 5.97 Å². The van der Waals surface area contributed by atoms with Crippen LogP contribution in [0.5, 0.6) is 0 Å². The van der Waals surface area contributed by atoms with Gasteiger partial charge in [0.1, 0.15) is 6.04 Å². The van der Waals surface area contributed by atoms with Crippen molar-refractivity contribution < 1.29 is 27.9 Å². The van der Waals surface area contributed by atoms with E-state index in [9.17, 15) is 18.0 Å². The number of carboxylic acid groups (broad SMARTS) is 1. The first kappa shape index (κ1) is 18.1. The number of hydrogen-bond donors (Lipinski definition) is 3. The smallest absolute Gasteiger partial charge is 0.321 e. The van der Waals surface area contributed by atoms with Gasteiger partial charge in [-0.25, -0.2) is 8.42 Å². The fourth-order valence-corrected chi connectivity index (χ4v) is 2.77.